The van der Waals surface area contributed by atoms with Crippen LogP contribution in [0.2, 0.25) is 0 Å². The van der Waals surface area contributed by atoms with E-state index in [0.717, 1.165) is 16.8 Å². The van der Waals surface area contributed by atoms with Crippen molar-refractivity contribution in [2.24, 2.45) is 0 Å². The number of hydrogen-bond donors (Lipinski definition) is 2. The van der Waals surface area contributed by atoms with Gasteiger partial charge in [0.1, 0.15) is 18.3 Å². The Kier molecular flexibility index (Phi) is 5.04. The van der Waals surface area contributed by atoms with Crippen LogP contribution in [0, 0.1) is 0 Å². The Balaban J connectivity index is 1.23. The average molecular weight is 424 g/mol. The van der Waals surface area contributed by atoms with E-state index in [4.69, 9.17) is 5.73 Å². The van der Waals surface area contributed by atoms with E-state index in [-0.39, 0.29) is 5.91 Å². The summed E-state index contributed by atoms with van der Waals surface area (Å²) in [5, 5.41) is 2.91. The number of benzene rings is 2. The van der Waals surface area contributed by atoms with Gasteiger partial charge in [0.05, 0.1) is 6.33 Å². The van der Waals surface area contributed by atoms with Gasteiger partial charge in [-0.1, -0.05) is 42.5 Å². The predicted octanol–water partition coefficient (Wildman–Crippen LogP) is 2.57. The average Bonchev–Trinajstić information content (AvgIpc) is 3.47. The highest BCUT2D eigenvalue weighted by molar-refractivity contribution is 5.92. The van der Waals surface area contributed by atoms with E-state index >= 15 is 0 Å². The molecule has 0 fully saturated rings. The van der Waals surface area contributed by atoms with Crippen LogP contribution in [0.3, 0.4) is 0 Å². The Labute approximate surface area is 183 Å². The second-order valence-corrected chi connectivity index (χ2v) is 7.31. The lowest BCUT2D eigenvalue weighted by molar-refractivity contribution is 0.0946. The molecule has 0 aliphatic heterocycles. The molecule has 3 heterocycles. The highest BCUT2D eigenvalue weighted by Gasteiger charge is 2.11. The van der Waals surface area contributed by atoms with Crippen molar-refractivity contribution in [3.8, 4) is 5.69 Å². The summed E-state index contributed by atoms with van der Waals surface area (Å²) in [6.07, 6.45) is 6.50. The number of carbonyl (C=O) groups is 1. The van der Waals surface area contributed by atoms with Crippen LogP contribution in [0.4, 0.5) is 5.82 Å². The maximum absolute atomic E-state index is 12.5. The van der Waals surface area contributed by atoms with Gasteiger partial charge in [0.2, 0.25) is 0 Å². The number of hydrogen-bond acceptors (Lipinski definition) is 6. The van der Waals surface area contributed by atoms with Crippen LogP contribution in [-0.4, -0.2) is 35.0 Å². The minimum Gasteiger partial charge on any atom is -0.382 e. The summed E-state index contributed by atoms with van der Waals surface area (Å²) < 4.78 is 3.74. The fourth-order valence-electron chi connectivity index (χ4n) is 3.45. The summed E-state index contributed by atoms with van der Waals surface area (Å²) in [4.78, 5) is 29.2. The molecule has 0 aliphatic carbocycles. The molecule has 3 N–H and O–H groups in total. The lowest BCUT2D eigenvalue weighted by Crippen LogP contribution is -2.23. The van der Waals surface area contributed by atoms with Gasteiger partial charge < -0.3 is 15.6 Å². The van der Waals surface area contributed by atoms with Crippen LogP contribution in [0.1, 0.15) is 21.6 Å². The molecule has 0 atom stereocenters. The number of aromatic nitrogens is 6. The number of fused-ring (bicyclic) bond motifs is 1. The van der Waals surface area contributed by atoms with Gasteiger partial charge in [0, 0.05) is 25.0 Å². The van der Waals surface area contributed by atoms with E-state index in [0.29, 0.717) is 35.8 Å². The van der Waals surface area contributed by atoms with Gasteiger partial charge >= 0.3 is 0 Å². The molecule has 0 saturated carbocycles. The second kappa shape index (κ2) is 8.31. The maximum atomic E-state index is 12.5. The highest BCUT2D eigenvalue weighted by Crippen LogP contribution is 2.19. The number of carbonyl (C=O) groups excluding carboxylic acids is 1. The third-order valence-corrected chi connectivity index (χ3v) is 5.10. The molecule has 32 heavy (non-hydrogen) atoms. The number of imidazole rings is 2. The normalized spacial score (nSPS) is 11.0. The standard InChI is InChI=1S/C23H20N8O/c24-21-20-22(27-13-26-21)31(15-29-20)18-8-6-16(7-9-18)10-25-23(32)19-12-30(14-28-19)11-17-4-2-1-3-5-17/h1-9,12-15H,10-11H2,(H,25,32)(H2,24,26,27). The van der Waals surface area contributed by atoms with E-state index < -0.39 is 0 Å². The zero-order valence-corrected chi connectivity index (χ0v) is 17.1. The number of anilines is 1. The van der Waals surface area contributed by atoms with Crippen LogP contribution >= 0.6 is 0 Å². The Morgan fingerprint density at radius 3 is 2.53 bits per heavy atom. The molecule has 0 aliphatic rings. The summed E-state index contributed by atoms with van der Waals surface area (Å²) in [6, 6.07) is 17.8. The summed E-state index contributed by atoms with van der Waals surface area (Å²) in [5.41, 5.74) is 10.5. The third kappa shape index (κ3) is 3.91. The molecule has 9 nitrogen and oxygen atoms in total. The first-order valence-corrected chi connectivity index (χ1v) is 10.0. The van der Waals surface area contributed by atoms with Gasteiger partial charge in [-0.25, -0.2) is 19.9 Å². The van der Waals surface area contributed by atoms with Gasteiger partial charge in [-0.05, 0) is 23.3 Å². The predicted molar refractivity (Wildman–Crippen MR) is 120 cm³/mol. The van der Waals surface area contributed by atoms with Crippen molar-refractivity contribution < 1.29 is 4.79 Å². The minimum absolute atomic E-state index is 0.214. The van der Waals surface area contributed by atoms with Crippen molar-refractivity contribution in [1.82, 2.24) is 34.4 Å². The summed E-state index contributed by atoms with van der Waals surface area (Å²) in [6.45, 7) is 1.06. The topological polar surface area (TPSA) is 117 Å². The lowest BCUT2D eigenvalue weighted by Gasteiger charge is -2.07. The van der Waals surface area contributed by atoms with Crippen molar-refractivity contribution in [2.75, 3.05) is 5.73 Å². The first-order chi connectivity index (χ1) is 15.7. The van der Waals surface area contributed by atoms with Crippen LogP contribution < -0.4 is 11.1 Å². The molecular weight excluding hydrogens is 404 g/mol. The quantitative estimate of drug-likeness (QED) is 0.433. The molecule has 9 heteroatoms. The number of rotatable bonds is 6. The summed E-state index contributed by atoms with van der Waals surface area (Å²) in [7, 11) is 0. The largest absolute Gasteiger partial charge is 0.382 e. The maximum Gasteiger partial charge on any atom is 0.271 e. The fraction of sp³-hybridized carbons (Fsp3) is 0.0870. The zero-order chi connectivity index (χ0) is 21.9. The SMILES string of the molecule is Nc1ncnc2c1ncn2-c1ccc(CNC(=O)c2cn(Cc3ccccc3)cn2)cc1. The first kappa shape index (κ1) is 19.4. The number of nitrogens with two attached hydrogens (primary N) is 1. The minimum atomic E-state index is -0.214. The summed E-state index contributed by atoms with van der Waals surface area (Å²) >= 11 is 0. The van der Waals surface area contributed by atoms with Crippen LogP contribution in [0.25, 0.3) is 16.9 Å². The van der Waals surface area contributed by atoms with Crippen molar-refractivity contribution in [1.29, 1.82) is 0 Å². The van der Waals surface area contributed by atoms with Crippen molar-refractivity contribution >= 4 is 22.9 Å². The van der Waals surface area contributed by atoms with E-state index in [2.05, 4.69) is 25.3 Å². The van der Waals surface area contributed by atoms with Crippen LogP contribution in [-0.2, 0) is 13.1 Å². The molecule has 3 aromatic heterocycles. The second-order valence-electron chi connectivity index (χ2n) is 7.31. The number of nitrogen functional groups attached to an aromatic ring is 1. The number of amides is 1. The van der Waals surface area contributed by atoms with E-state index in [1.165, 1.54) is 6.33 Å². The lowest BCUT2D eigenvalue weighted by atomic mass is 10.2. The molecule has 5 aromatic rings. The molecule has 0 spiro atoms. The third-order valence-electron chi connectivity index (χ3n) is 5.10. The fourth-order valence-corrected chi connectivity index (χ4v) is 3.45. The first-order valence-electron chi connectivity index (χ1n) is 10.0. The molecule has 0 unspecified atom stereocenters. The summed E-state index contributed by atoms with van der Waals surface area (Å²) in [5.74, 6) is 0.132. The number of nitrogens with one attached hydrogen (secondary N) is 1. The Hall–Kier alpha value is -4.53. The van der Waals surface area contributed by atoms with Gasteiger partial charge in [0.25, 0.3) is 5.91 Å². The van der Waals surface area contributed by atoms with Crippen molar-refractivity contribution in [3.63, 3.8) is 0 Å². The van der Waals surface area contributed by atoms with Gasteiger partial charge in [0.15, 0.2) is 17.0 Å². The van der Waals surface area contributed by atoms with Crippen molar-refractivity contribution in [3.05, 3.63) is 96.6 Å². The molecule has 0 saturated heterocycles. The molecular formula is C23H20N8O. The van der Waals surface area contributed by atoms with Gasteiger partial charge in [-0.3, -0.25) is 9.36 Å². The molecule has 0 bridgehead atoms. The Morgan fingerprint density at radius 2 is 1.72 bits per heavy atom. The number of nitrogens with zero attached hydrogens (tertiary/aromatic N) is 6. The van der Waals surface area contributed by atoms with Crippen molar-refractivity contribution in [2.45, 2.75) is 13.1 Å². The van der Waals surface area contributed by atoms with E-state index in [9.17, 15) is 4.79 Å². The molecule has 5 rings (SSSR count). The van der Waals surface area contributed by atoms with E-state index in [1.54, 1.807) is 18.9 Å². The van der Waals surface area contributed by atoms with Gasteiger partial charge in [-0.15, -0.1) is 0 Å². The smallest absolute Gasteiger partial charge is 0.271 e. The molecule has 158 valence electrons. The molecule has 0 radical (unpaired) electrons. The monoisotopic (exact) mass is 424 g/mol. The van der Waals surface area contributed by atoms with Gasteiger partial charge in [-0.2, -0.15) is 0 Å². The van der Waals surface area contributed by atoms with E-state index in [1.807, 2.05) is 63.7 Å². The van der Waals surface area contributed by atoms with Crippen LogP contribution in [0.5, 0.6) is 0 Å². The molecule has 1 amide bonds. The highest BCUT2D eigenvalue weighted by atomic mass is 16.1. The molecule has 2 aromatic carbocycles. The zero-order valence-electron chi connectivity index (χ0n) is 17.1. The Bertz CT molecular complexity index is 1370. The van der Waals surface area contributed by atoms with Crippen LogP contribution in [0.15, 0.2) is 79.8 Å². The Morgan fingerprint density at radius 1 is 0.906 bits per heavy atom.